The second-order valence-electron chi connectivity index (χ2n) is 5.03. The SMILES string of the molecule is CCOC(=O)CCc1ccc(C(=O)c2ccc(Cl)cc2Cl)n1C. The van der Waals surface area contributed by atoms with Crippen LogP contribution in [0.15, 0.2) is 30.3 Å². The standard InChI is InChI=1S/C17H17Cl2NO3/c1-3-23-16(21)9-6-12-5-8-15(20(12)2)17(22)13-7-4-11(18)10-14(13)19/h4-5,7-8,10H,3,6,9H2,1-2H3. The van der Waals surface area contributed by atoms with E-state index in [0.717, 1.165) is 5.69 Å². The van der Waals surface area contributed by atoms with E-state index in [9.17, 15) is 9.59 Å². The minimum atomic E-state index is -0.248. The summed E-state index contributed by atoms with van der Waals surface area (Å²) in [6.45, 7) is 2.14. The molecule has 0 radical (unpaired) electrons. The molecule has 0 aliphatic carbocycles. The van der Waals surface area contributed by atoms with Crippen molar-refractivity contribution in [1.29, 1.82) is 0 Å². The normalized spacial score (nSPS) is 10.6. The summed E-state index contributed by atoms with van der Waals surface area (Å²) in [5, 5.41) is 0.797. The van der Waals surface area contributed by atoms with Crippen LogP contribution >= 0.6 is 23.2 Å². The summed E-state index contributed by atoms with van der Waals surface area (Å²) in [4.78, 5) is 24.1. The van der Waals surface area contributed by atoms with E-state index in [2.05, 4.69) is 0 Å². The van der Waals surface area contributed by atoms with Crippen molar-refractivity contribution in [2.24, 2.45) is 7.05 Å². The molecule has 122 valence electrons. The molecule has 6 heteroatoms. The third-order valence-electron chi connectivity index (χ3n) is 3.52. The molecule has 2 aromatic rings. The van der Waals surface area contributed by atoms with Gasteiger partial charge in [0.1, 0.15) is 0 Å². The molecule has 0 spiro atoms. The summed E-state index contributed by atoms with van der Waals surface area (Å²) in [5.74, 6) is -0.432. The molecular formula is C17H17Cl2NO3. The summed E-state index contributed by atoms with van der Waals surface area (Å²) in [6.07, 6.45) is 0.790. The predicted molar refractivity (Wildman–Crippen MR) is 90.3 cm³/mol. The van der Waals surface area contributed by atoms with Gasteiger partial charge in [0.25, 0.3) is 0 Å². The molecular weight excluding hydrogens is 337 g/mol. The van der Waals surface area contributed by atoms with E-state index in [1.807, 2.05) is 6.07 Å². The third kappa shape index (κ3) is 4.15. The molecule has 1 aromatic carbocycles. The number of hydrogen-bond acceptors (Lipinski definition) is 3. The van der Waals surface area contributed by atoms with Crippen molar-refractivity contribution in [3.8, 4) is 0 Å². The predicted octanol–water partition coefficient (Wildman–Crippen LogP) is 4.06. The zero-order valence-corrected chi connectivity index (χ0v) is 14.4. The number of rotatable bonds is 6. The molecule has 23 heavy (non-hydrogen) atoms. The first-order chi connectivity index (χ1) is 10.9. The summed E-state index contributed by atoms with van der Waals surface area (Å²) in [7, 11) is 1.79. The molecule has 1 aromatic heterocycles. The highest BCUT2D eigenvalue weighted by Gasteiger charge is 2.18. The Morgan fingerprint density at radius 1 is 1.17 bits per heavy atom. The number of esters is 1. The van der Waals surface area contributed by atoms with Crippen LogP contribution in [0.5, 0.6) is 0 Å². The van der Waals surface area contributed by atoms with Crippen molar-refractivity contribution >= 4 is 35.0 Å². The maximum Gasteiger partial charge on any atom is 0.306 e. The number of nitrogens with zero attached hydrogens (tertiary/aromatic N) is 1. The van der Waals surface area contributed by atoms with E-state index in [4.69, 9.17) is 27.9 Å². The quantitative estimate of drug-likeness (QED) is 0.581. The van der Waals surface area contributed by atoms with Crippen LogP contribution in [-0.4, -0.2) is 22.9 Å². The van der Waals surface area contributed by atoms with Gasteiger partial charge in [0, 0.05) is 23.3 Å². The largest absolute Gasteiger partial charge is 0.466 e. The Morgan fingerprint density at radius 2 is 1.91 bits per heavy atom. The van der Waals surface area contributed by atoms with Gasteiger partial charge in [-0.2, -0.15) is 0 Å². The van der Waals surface area contributed by atoms with Crippen molar-refractivity contribution in [2.45, 2.75) is 19.8 Å². The van der Waals surface area contributed by atoms with Crippen LogP contribution in [0, 0.1) is 0 Å². The highest BCUT2D eigenvalue weighted by molar-refractivity contribution is 6.37. The van der Waals surface area contributed by atoms with Gasteiger partial charge in [0.15, 0.2) is 0 Å². The van der Waals surface area contributed by atoms with Gasteiger partial charge in [-0.1, -0.05) is 23.2 Å². The number of carbonyl (C=O) groups is 2. The molecule has 0 N–H and O–H groups in total. The van der Waals surface area contributed by atoms with Crippen molar-refractivity contribution in [3.63, 3.8) is 0 Å². The monoisotopic (exact) mass is 353 g/mol. The maximum atomic E-state index is 12.6. The van der Waals surface area contributed by atoms with Gasteiger partial charge in [0.2, 0.25) is 5.78 Å². The fraction of sp³-hybridized carbons (Fsp3) is 0.294. The van der Waals surface area contributed by atoms with Gasteiger partial charge in [-0.25, -0.2) is 0 Å². The number of ether oxygens (including phenoxy) is 1. The lowest BCUT2D eigenvalue weighted by Crippen LogP contribution is -2.11. The minimum Gasteiger partial charge on any atom is -0.466 e. The topological polar surface area (TPSA) is 48.3 Å². The molecule has 0 bridgehead atoms. The molecule has 0 amide bonds. The lowest BCUT2D eigenvalue weighted by atomic mass is 10.1. The van der Waals surface area contributed by atoms with Crippen LogP contribution in [0.1, 0.15) is 35.1 Å². The number of halogens is 2. The zero-order chi connectivity index (χ0) is 17.0. The zero-order valence-electron chi connectivity index (χ0n) is 12.9. The highest BCUT2D eigenvalue weighted by Crippen LogP contribution is 2.24. The number of aromatic nitrogens is 1. The van der Waals surface area contributed by atoms with E-state index in [1.54, 1.807) is 42.8 Å². The number of benzene rings is 1. The van der Waals surface area contributed by atoms with Gasteiger partial charge in [0.05, 0.1) is 23.7 Å². The molecule has 0 saturated carbocycles. The van der Waals surface area contributed by atoms with Crippen LogP contribution in [0.2, 0.25) is 10.0 Å². The first-order valence-electron chi connectivity index (χ1n) is 7.24. The van der Waals surface area contributed by atoms with Crippen molar-refractivity contribution in [3.05, 3.63) is 57.3 Å². The number of carbonyl (C=O) groups excluding carboxylic acids is 2. The second-order valence-corrected chi connectivity index (χ2v) is 5.87. The summed E-state index contributed by atoms with van der Waals surface area (Å²) < 4.78 is 6.68. The fourth-order valence-electron chi connectivity index (χ4n) is 2.31. The van der Waals surface area contributed by atoms with Crippen LogP contribution in [0.3, 0.4) is 0 Å². The number of hydrogen-bond donors (Lipinski definition) is 0. The summed E-state index contributed by atoms with van der Waals surface area (Å²) >= 11 is 12.0. The summed E-state index contributed by atoms with van der Waals surface area (Å²) in [6, 6.07) is 8.34. The Kier molecular flexibility index (Phi) is 5.85. The maximum absolute atomic E-state index is 12.6. The Hall–Kier alpha value is -1.78. The highest BCUT2D eigenvalue weighted by atomic mass is 35.5. The minimum absolute atomic E-state index is 0.184. The molecule has 0 aliphatic heterocycles. The first kappa shape index (κ1) is 17.6. The molecule has 0 saturated heterocycles. The lowest BCUT2D eigenvalue weighted by molar-refractivity contribution is -0.143. The van der Waals surface area contributed by atoms with E-state index >= 15 is 0 Å². The van der Waals surface area contributed by atoms with E-state index in [0.29, 0.717) is 34.3 Å². The molecule has 0 unspecified atom stereocenters. The summed E-state index contributed by atoms with van der Waals surface area (Å²) in [5.41, 5.74) is 1.79. The smallest absolute Gasteiger partial charge is 0.306 e. The second kappa shape index (κ2) is 7.66. The fourth-order valence-corrected chi connectivity index (χ4v) is 2.80. The van der Waals surface area contributed by atoms with Gasteiger partial charge >= 0.3 is 5.97 Å². The van der Waals surface area contributed by atoms with Crippen molar-refractivity contribution < 1.29 is 14.3 Å². The van der Waals surface area contributed by atoms with E-state index < -0.39 is 0 Å². The Labute approximate surface area is 145 Å². The van der Waals surface area contributed by atoms with Gasteiger partial charge < -0.3 is 9.30 Å². The van der Waals surface area contributed by atoms with Crippen LogP contribution in [0.25, 0.3) is 0 Å². The lowest BCUT2D eigenvalue weighted by Gasteiger charge is -2.08. The molecule has 1 heterocycles. The average molecular weight is 354 g/mol. The molecule has 4 nitrogen and oxygen atoms in total. The number of aryl methyl sites for hydroxylation is 1. The first-order valence-corrected chi connectivity index (χ1v) is 7.99. The van der Waals surface area contributed by atoms with E-state index in [1.165, 1.54) is 0 Å². The van der Waals surface area contributed by atoms with E-state index in [-0.39, 0.29) is 18.2 Å². The molecule has 2 rings (SSSR count). The third-order valence-corrected chi connectivity index (χ3v) is 4.07. The van der Waals surface area contributed by atoms with Crippen molar-refractivity contribution in [1.82, 2.24) is 4.57 Å². The Balaban J connectivity index is 2.18. The van der Waals surface area contributed by atoms with Gasteiger partial charge in [-0.05, 0) is 43.7 Å². The molecule has 0 aliphatic rings. The average Bonchev–Trinajstić information content (AvgIpc) is 2.86. The van der Waals surface area contributed by atoms with Gasteiger partial charge in [-0.3, -0.25) is 9.59 Å². The Morgan fingerprint density at radius 3 is 2.57 bits per heavy atom. The van der Waals surface area contributed by atoms with Crippen molar-refractivity contribution in [2.75, 3.05) is 6.61 Å². The number of ketones is 1. The Bertz CT molecular complexity index is 737. The van der Waals surface area contributed by atoms with Crippen LogP contribution in [0.4, 0.5) is 0 Å². The van der Waals surface area contributed by atoms with Gasteiger partial charge in [-0.15, -0.1) is 0 Å². The molecule has 0 fully saturated rings. The van der Waals surface area contributed by atoms with Crippen LogP contribution in [-0.2, 0) is 23.0 Å². The molecule has 0 atom stereocenters. The van der Waals surface area contributed by atoms with Crippen LogP contribution < -0.4 is 0 Å².